The normalized spacial score (nSPS) is 11.7. The summed E-state index contributed by atoms with van der Waals surface area (Å²) in [6, 6.07) is 10.4. The zero-order chi connectivity index (χ0) is 21.0. The largest absolute Gasteiger partial charge is 0.491 e. The summed E-state index contributed by atoms with van der Waals surface area (Å²) in [5.41, 5.74) is -0.679. The molecule has 5 nitrogen and oxygen atoms in total. The van der Waals surface area contributed by atoms with Crippen LogP contribution < -0.4 is 10.1 Å². The Hall–Kier alpha value is -3.13. The van der Waals surface area contributed by atoms with Crippen molar-refractivity contribution in [3.05, 3.63) is 66.0 Å². The van der Waals surface area contributed by atoms with Gasteiger partial charge in [-0.25, -0.2) is 0 Å². The fourth-order valence-corrected chi connectivity index (χ4v) is 2.85. The number of aromatic nitrogens is 1. The lowest BCUT2D eigenvalue weighted by molar-refractivity contribution is -0.139. The molecule has 0 spiro atoms. The van der Waals surface area contributed by atoms with Gasteiger partial charge in [0.05, 0.1) is 11.1 Å². The van der Waals surface area contributed by atoms with Gasteiger partial charge in [0.1, 0.15) is 12.4 Å². The number of halogens is 3. The molecule has 0 unspecified atom stereocenters. The van der Waals surface area contributed by atoms with E-state index < -0.39 is 23.4 Å². The molecule has 3 aromatic rings. The van der Waals surface area contributed by atoms with Gasteiger partial charge in [-0.2, -0.15) is 13.2 Å². The molecule has 1 heterocycles. The van der Waals surface area contributed by atoms with Gasteiger partial charge in [-0.05, 0) is 38.4 Å². The minimum atomic E-state index is -4.64. The van der Waals surface area contributed by atoms with Gasteiger partial charge >= 0.3 is 6.18 Å². The lowest BCUT2D eigenvalue weighted by Crippen LogP contribution is -2.22. The molecule has 29 heavy (non-hydrogen) atoms. The van der Waals surface area contributed by atoms with Crippen molar-refractivity contribution in [1.29, 1.82) is 0 Å². The number of hydrogen-bond acceptors (Lipinski definition) is 4. The van der Waals surface area contributed by atoms with E-state index in [2.05, 4.69) is 10.3 Å². The summed E-state index contributed by atoms with van der Waals surface area (Å²) < 4.78 is 45.9. The molecule has 0 saturated heterocycles. The molecule has 2 aromatic carbocycles. The Morgan fingerprint density at radius 2 is 1.90 bits per heavy atom. The highest BCUT2D eigenvalue weighted by Crippen LogP contribution is 2.38. The Labute approximate surface area is 166 Å². The number of alkyl halides is 3. The number of nitrogens with zero attached hydrogens (tertiary/aromatic N) is 2. The van der Waals surface area contributed by atoms with Crippen LogP contribution in [0.1, 0.15) is 15.9 Å². The van der Waals surface area contributed by atoms with Crippen LogP contribution in [-0.2, 0) is 6.18 Å². The summed E-state index contributed by atoms with van der Waals surface area (Å²) in [4.78, 5) is 18.7. The zero-order valence-electron chi connectivity index (χ0n) is 16.0. The van der Waals surface area contributed by atoms with Crippen molar-refractivity contribution < 1.29 is 22.7 Å². The molecular weight excluding hydrogens is 383 g/mol. The lowest BCUT2D eigenvalue weighted by atomic mass is 10.1. The van der Waals surface area contributed by atoms with Gasteiger partial charge in [0.2, 0.25) is 0 Å². The molecule has 152 valence electrons. The van der Waals surface area contributed by atoms with Crippen LogP contribution in [0.25, 0.3) is 10.8 Å². The molecule has 0 radical (unpaired) electrons. The number of carbonyl (C=O) groups is 1. The van der Waals surface area contributed by atoms with Crippen molar-refractivity contribution in [1.82, 2.24) is 9.88 Å². The topological polar surface area (TPSA) is 54.5 Å². The second-order valence-electron chi connectivity index (χ2n) is 6.69. The Balaban J connectivity index is 1.97. The van der Waals surface area contributed by atoms with Crippen LogP contribution in [0.15, 0.2) is 54.9 Å². The summed E-state index contributed by atoms with van der Waals surface area (Å²) in [7, 11) is 3.56. The van der Waals surface area contributed by atoms with Gasteiger partial charge in [0, 0.05) is 35.4 Å². The van der Waals surface area contributed by atoms with Crippen LogP contribution in [0.3, 0.4) is 0 Å². The predicted molar refractivity (Wildman–Crippen MR) is 105 cm³/mol. The summed E-state index contributed by atoms with van der Waals surface area (Å²) in [5, 5.41) is 4.23. The third-order valence-corrected chi connectivity index (χ3v) is 4.28. The first-order valence-corrected chi connectivity index (χ1v) is 8.89. The maximum atomic E-state index is 13.5. The molecule has 3 rings (SSSR count). The van der Waals surface area contributed by atoms with E-state index in [1.807, 2.05) is 6.07 Å². The lowest BCUT2D eigenvalue weighted by Gasteiger charge is -2.19. The molecule has 1 aromatic heterocycles. The van der Waals surface area contributed by atoms with Crippen molar-refractivity contribution in [3.63, 3.8) is 0 Å². The van der Waals surface area contributed by atoms with E-state index in [9.17, 15) is 18.0 Å². The number of likely N-dealkylation sites (N-methyl/N-ethyl adjacent to an activating group) is 1. The SMILES string of the molecule is CN(C)CCOc1c(C(=O)Nc2cccc3cnccc23)cccc1C(F)(F)F. The Kier molecular flexibility index (Phi) is 6.03. The van der Waals surface area contributed by atoms with Crippen molar-refractivity contribution in [2.45, 2.75) is 6.18 Å². The van der Waals surface area contributed by atoms with Gasteiger partial charge in [-0.15, -0.1) is 0 Å². The molecule has 1 amide bonds. The number of para-hydroxylation sites is 1. The van der Waals surface area contributed by atoms with Crippen molar-refractivity contribution in [2.75, 3.05) is 32.6 Å². The number of pyridine rings is 1. The van der Waals surface area contributed by atoms with Crippen LogP contribution in [0, 0.1) is 0 Å². The molecule has 0 aliphatic heterocycles. The predicted octanol–water partition coefficient (Wildman–Crippen LogP) is 4.45. The van der Waals surface area contributed by atoms with Gasteiger partial charge in [0.25, 0.3) is 5.91 Å². The molecule has 0 fully saturated rings. The zero-order valence-corrected chi connectivity index (χ0v) is 16.0. The van der Waals surface area contributed by atoms with Crippen LogP contribution in [0.2, 0.25) is 0 Å². The molecule has 0 atom stereocenters. The number of amides is 1. The van der Waals surface area contributed by atoms with E-state index in [-0.39, 0.29) is 12.2 Å². The van der Waals surface area contributed by atoms with E-state index >= 15 is 0 Å². The summed E-state index contributed by atoms with van der Waals surface area (Å²) >= 11 is 0. The molecule has 0 bridgehead atoms. The molecule has 0 aliphatic rings. The molecule has 1 N–H and O–H groups in total. The molecule has 0 saturated carbocycles. The number of fused-ring (bicyclic) bond motifs is 1. The van der Waals surface area contributed by atoms with E-state index in [4.69, 9.17) is 4.74 Å². The third kappa shape index (κ3) is 4.83. The van der Waals surface area contributed by atoms with Crippen molar-refractivity contribution in [3.8, 4) is 5.75 Å². The second-order valence-corrected chi connectivity index (χ2v) is 6.69. The Morgan fingerprint density at radius 3 is 2.62 bits per heavy atom. The van der Waals surface area contributed by atoms with Crippen LogP contribution >= 0.6 is 0 Å². The smallest absolute Gasteiger partial charge is 0.419 e. The van der Waals surface area contributed by atoms with E-state index in [0.29, 0.717) is 12.2 Å². The van der Waals surface area contributed by atoms with Crippen LogP contribution in [0.4, 0.5) is 18.9 Å². The van der Waals surface area contributed by atoms with Gasteiger partial charge in [0.15, 0.2) is 0 Å². The Morgan fingerprint density at radius 1 is 1.14 bits per heavy atom. The standard InChI is InChI=1S/C21H20F3N3O2/c1-27(2)11-12-29-19-16(6-4-7-17(19)21(22,23)24)20(28)26-18-8-3-5-14-13-25-10-9-15(14)18/h3-10,13H,11-12H2,1-2H3,(H,26,28). The third-order valence-electron chi connectivity index (χ3n) is 4.28. The fourth-order valence-electron chi connectivity index (χ4n) is 2.85. The maximum absolute atomic E-state index is 13.5. The Bertz CT molecular complexity index is 1010. The number of hydrogen-bond donors (Lipinski definition) is 1. The highest BCUT2D eigenvalue weighted by atomic mass is 19.4. The first-order chi connectivity index (χ1) is 13.8. The van der Waals surface area contributed by atoms with E-state index in [1.165, 1.54) is 12.1 Å². The van der Waals surface area contributed by atoms with E-state index in [1.54, 1.807) is 49.6 Å². The minimum Gasteiger partial charge on any atom is -0.491 e. The average molecular weight is 403 g/mol. The maximum Gasteiger partial charge on any atom is 0.419 e. The fraction of sp³-hybridized carbons (Fsp3) is 0.238. The van der Waals surface area contributed by atoms with Crippen molar-refractivity contribution in [2.24, 2.45) is 0 Å². The highest BCUT2D eigenvalue weighted by Gasteiger charge is 2.36. The van der Waals surface area contributed by atoms with Gasteiger partial charge in [-0.1, -0.05) is 18.2 Å². The number of rotatable bonds is 6. The quantitative estimate of drug-likeness (QED) is 0.661. The minimum absolute atomic E-state index is 0.0142. The summed E-state index contributed by atoms with van der Waals surface area (Å²) in [6.45, 7) is 0.421. The van der Waals surface area contributed by atoms with Gasteiger partial charge in [-0.3, -0.25) is 9.78 Å². The van der Waals surface area contributed by atoms with Crippen molar-refractivity contribution >= 4 is 22.4 Å². The van der Waals surface area contributed by atoms with Gasteiger partial charge < -0.3 is 15.0 Å². The van der Waals surface area contributed by atoms with E-state index in [0.717, 1.165) is 16.8 Å². The molecular formula is C21H20F3N3O2. The van der Waals surface area contributed by atoms with Crippen LogP contribution in [0.5, 0.6) is 5.75 Å². The monoisotopic (exact) mass is 403 g/mol. The summed E-state index contributed by atoms with van der Waals surface area (Å²) in [5.74, 6) is -1.15. The number of ether oxygens (including phenoxy) is 1. The highest BCUT2D eigenvalue weighted by molar-refractivity contribution is 6.10. The first kappa shape index (κ1) is 20.6. The molecule has 8 heteroatoms. The number of anilines is 1. The second kappa shape index (κ2) is 8.48. The number of nitrogens with one attached hydrogen (secondary N) is 1. The number of carbonyl (C=O) groups excluding carboxylic acids is 1. The van der Waals surface area contributed by atoms with Crippen LogP contribution in [-0.4, -0.2) is 43.0 Å². The molecule has 0 aliphatic carbocycles. The average Bonchev–Trinajstić information content (AvgIpc) is 2.67. The first-order valence-electron chi connectivity index (χ1n) is 8.89. The number of benzene rings is 2. The summed E-state index contributed by atoms with van der Waals surface area (Å²) in [6.07, 6.45) is -1.42.